The van der Waals surface area contributed by atoms with E-state index >= 15 is 0 Å². The molecule has 30 heavy (non-hydrogen) atoms. The zero-order valence-electron chi connectivity index (χ0n) is 15.9. The minimum Gasteiger partial charge on any atom is -0.285 e. The summed E-state index contributed by atoms with van der Waals surface area (Å²) in [5.74, 6) is -1.19. The molecule has 0 atom stereocenters. The molecular formula is C24H14N2O4. The fourth-order valence-corrected chi connectivity index (χ4v) is 3.97. The molecule has 0 bridgehead atoms. The molecule has 0 saturated heterocycles. The van der Waals surface area contributed by atoms with Crippen LogP contribution in [-0.2, 0) is 0 Å². The van der Waals surface area contributed by atoms with Crippen molar-refractivity contribution in [3.8, 4) is 22.4 Å². The van der Waals surface area contributed by atoms with Crippen LogP contribution in [0, 0.1) is 17.0 Å². The van der Waals surface area contributed by atoms with Gasteiger partial charge in [-0.2, -0.15) is 0 Å². The number of fused-ring (bicyclic) bond motifs is 4. The van der Waals surface area contributed by atoms with Crippen molar-refractivity contribution in [2.24, 2.45) is 0 Å². The van der Waals surface area contributed by atoms with E-state index in [0.29, 0.717) is 33.5 Å². The summed E-state index contributed by atoms with van der Waals surface area (Å²) in [5, 5.41) is 11.8. The molecule has 5 rings (SSSR count). The number of nitrogens with zero attached hydrogens (tertiary/aromatic N) is 2. The molecule has 1 aliphatic rings. The maximum atomic E-state index is 13.2. The van der Waals surface area contributed by atoms with Crippen LogP contribution < -0.4 is 0 Å². The lowest BCUT2D eigenvalue weighted by atomic mass is 9.81. The molecule has 1 heterocycles. The molecule has 0 amide bonds. The van der Waals surface area contributed by atoms with Gasteiger partial charge in [-0.05, 0) is 36.8 Å². The Morgan fingerprint density at radius 3 is 2.23 bits per heavy atom. The molecule has 1 aliphatic carbocycles. The standard InChI is InChI=1S/C24H14N2O4/c1-13-6-11-19-18(12-13)20(14-7-9-15(10-8-14)26(29)30)21-22(25-19)16-4-2-3-5-17(16)23(27)24(21)28/h2-12H,1H3. The van der Waals surface area contributed by atoms with Gasteiger partial charge < -0.3 is 0 Å². The number of benzene rings is 3. The number of aryl methyl sites for hydroxylation is 1. The van der Waals surface area contributed by atoms with Gasteiger partial charge in [0.15, 0.2) is 0 Å². The molecule has 0 unspecified atom stereocenters. The molecule has 1 aromatic heterocycles. The number of pyridine rings is 1. The Kier molecular flexibility index (Phi) is 3.83. The van der Waals surface area contributed by atoms with Gasteiger partial charge in [-0.1, -0.05) is 35.9 Å². The topological polar surface area (TPSA) is 90.2 Å². The third-order valence-corrected chi connectivity index (χ3v) is 5.37. The number of aromatic nitrogens is 1. The SMILES string of the molecule is Cc1ccc2nc3c(c(-c4ccc([N+](=O)[O-])cc4)c2c1)C(=O)C(=O)c1ccccc1-3. The summed E-state index contributed by atoms with van der Waals surface area (Å²) in [7, 11) is 0. The highest BCUT2D eigenvalue weighted by Gasteiger charge is 2.34. The van der Waals surface area contributed by atoms with Crippen molar-refractivity contribution < 1.29 is 14.5 Å². The Morgan fingerprint density at radius 1 is 0.833 bits per heavy atom. The van der Waals surface area contributed by atoms with E-state index in [1.807, 2.05) is 25.1 Å². The molecule has 0 fully saturated rings. The van der Waals surface area contributed by atoms with Crippen LogP contribution in [0.5, 0.6) is 0 Å². The second-order valence-corrected chi connectivity index (χ2v) is 7.24. The van der Waals surface area contributed by atoms with Crippen molar-refractivity contribution in [1.29, 1.82) is 0 Å². The Morgan fingerprint density at radius 2 is 1.53 bits per heavy atom. The van der Waals surface area contributed by atoms with Gasteiger partial charge in [0.05, 0.1) is 21.7 Å². The van der Waals surface area contributed by atoms with E-state index < -0.39 is 16.5 Å². The van der Waals surface area contributed by atoms with E-state index in [0.717, 1.165) is 10.9 Å². The number of carbonyl (C=O) groups excluding carboxylic acids is 2. The average Bonchev–Trinajstić information content (AvgIpc) is 2.76. The molecule has 6 heteroatoms. The monoisotopic (exact) mass is 394 g/mol. The first-order chi connectivity index (χ1) is 14.5. The molecule has 0 spiro atoms. The molecule has 0 saturated carbocycles. The van der Waals surface area contributed by atoms with E-state index in [4.69, 9.17) is 4.98 Å². The third-order valence-electron chi connectivity index (χ3n) is 5.37. The molecule has 0 radical (unpaired) electrons. The van der Waals surface area contributed by atoms with Crippen LogP contribution in [0.4, 0.5) is 5.69 Å². The van der Waals surface area contributed by atoms with Crippen molar-refractivity contribution in [2.45, 2.75) is 6.92 Å². The summed E-state index contributed by atoms with van der Waals surface area (Å²) in [4.78, 5) is 41.4. The summed E-state index contributed by atoms with van der Waals surface area (Å²) >= 11 is 0. The molecule has 144 valence electrons. The average molecular weight is 394 g/mol. The van der Waals surface area contributed by atoms with Crippen LogP contribution in [0.2, 0.25) is 0 Å². The van der Waals surface area contributed by atoms with E-state index in [2.05, 4.69) is 0 Å². The minimum atomic E-state index is -0.618. The summed E-state index contributed by atoms with van der Waals surface area (Å²) in [6, 6.07) is 18.7. The Balaban J connectivity index is 1.92. The number of Topliss-reactive ketones (excluding diaryl/α,β-unsaturated/α-hetero) is 2. The zero-order valence-corrected chi connectivity index (χ0v) is 15.9. The van der Waals surface area contributed by atoms with Crippen molar-refractivity contribution in [1.82, 2.24) is 4.98 Å². The van der Waals surface area contributed by atoms with Crippen molar-refractivity contribution in [3.63, 3.8) is 0 Å². The highest BCUT2D eigenvalue weighted by molar-refractivity contribution is 6.54. The number of carbonyl (C=O) groups is 2. The minimum absolute atomic E-state index is 0.0464. The molecular weight excluding hydrogens is 380 g/mol. The Hall–Kier alpha value is -4.19. The summed E-state index contributed by atoms with van der Waals surface area (Å²) in [6.45, 7) is 1.93. The number of nitro groups is 1. The molecule has 3 aromatic carbocycles. The quantitative estimate of drug-likeness (QED) is 0.266. The third kappa shape index (κ3) is 2.54. The smallest absolute Gasteiger partial charge is 0.269 e. The predicted molar refractivity (Wildman–Crippen MR) is 113 cm³/mol. The fraction of sp³-hybridized carbons (Fsp3) is 0.0417. The van der Waals surface area contributed by atoms with Crippen LogP contribution in [-0.4, -0.2) is 21.5 Å². The number of nitro benzene ring substituents is 1. The van der Waals surface area contributed by atoms with E-state index in [1.165, 1.54) is 12.1 Å². The summed E-state index contributed by atoms with van der Waals surface area (Å²) in [5.41, 5.74) is 4.45. The van der Waals surface area contributed by atoms with Gasteiger partial charge in [-0.25, -0.2) is 4.98 Å². The van der Waals surface area contributed by atoms with Crippen LogP contribution >= 0.6 is 0 Å². The van der Waals surface area contributed by atoms with Crippen LogP contribution in [0.15, 0.2) is 66.7 Å². The summed E-state index contributed by atoms with van der Waals surface area (Å²) in [6.07, 6.45) is 0. The van der Waals surface area contributed by atoms with Gasteiger partial charge in [0.2, 0.25) is 11.6 Å². The Labute approximate surface area is 171 Å². The largest absolute Gasteiger partial charge is 0.285 e. The highest BCUT2D eigenvalue weighted by atomic mass is 16.6. The van der Waals surface area contributed by atoms with Gasteiger partial charge in [0.1, 0.15) is 0 Å². The Bertz CT molecular complexity index is 1410. The van der Waals surface area contributed by atoms with E-state index in [9.17, 15) is 19.7 Å². The van der Waals surface area contributed by atoms with E-state index in [1.54, 1.807) is 36.4 Å². The van der Waals surface area contributed by atoms with Crippen LogP contribution in [0.25, 0.3) is 33.3 Å². The van der Waals surface area contributed by atoms with Crippen molar-refractivity contribution >= 4 is 28.2 Å². The van der Waals surface area contributed by atoms with Gasteiger partial charge in [-0.3, -0.25) is 19.7 Å². The lowest BCUT2D eigenvalue weighted by molar-refractivity contribution is -0.384. The fourth-order valence-electron chi connectivity index (χ4n) is 3.97. The summed E-state index contributed by atoms with van der Waals surface area (Å²) < 4.78 is 0. The highest BCUT2D eigenvalue weighted by Crippen LogP contribution is 2.41. The maximum absolute atomic E-state index is 13.2. The molecule has 6 nitrogen and oxygen atoms in total. The van der Waals surface area contributed by atoms with E-state index in [-0.39, 0.29) is 11.3 Å². The number of rotatable bonds is 2. The molecule has 0 aliphatic heterocycles. The second-order valence-electron chi connectivity index (χ2n) is 7.24. The number of non-ortho nitro benzene ring substituents is 1. The molecule has 4 aromatic rings. The first kappa shape index (κ1) is 17.9. The predicted octanol–water partition coefficient (Wildman–Crippen LogP) is 5.16. The van der Waals surface area contributed by atoms with Gasteiger partial charge in [0, 0.05) is 34.2 Å². The lowest BCUT2D eigenvalue weighted by Crippen LogP contribution is -2.23. The maximum Gasteiger partial charge on any atom is 0.269 e. The van der Waals surface area contributed by atoms with Crippen molar-refractivity contribution in [3.05, 3.63) is 93.5 Å². The van der Waals surface area contributed by atoms with Crippen LogP contribution in [0.1, 0.15) is 26.3 Å². The second kappa shape index (κ2) is 6.42. The first-order valence-corrected chi connectivity index (χ1v) is 9.33. The van der Waals surface area contributed by atoms with Gasteiger partial charge in [0.25, 0.3) is 5.69 Å². The zero-order chi connectivity index (χ0) is 21.0. The molecule has 0 N–H and O–H groups in total. The number of ketones is 2. The van der Waals surface area contributed by atoms with Crippen LogP contribution in [0.3, 0.4) is 0 Å². The van der Waals surface area contributed by atoms with Gasteiger partial charge >= 0.3 is 0 Å². The van der Waals surface area contributed by atoms with Crippen molar-refractivity contribution in [2.75, 3.05) is 0 Å². The normalized spacial score (nSPS) is 12.6. The number of hydrogen-bond donors (Lipinski definition) is 0. The first-order valence-electron chi connectivity index (χ1n) is 9.33. The number of hydrogen-bond acceptors (Lipinski definition) is 5. The lowest BCUT2D eigenvalue weighted by Gasteiger charge is -2.22. The van der Waals surface area contributed by atoms with Gasteiger partial charge in [-0.15, -0.1) is 0 Å².